The zero-order valence-corrected chi connectivity index (χ0v) is 9.36. The highest BCUT2D eigenvalue weighted by atomic mass is 35.5. The van der Waals surface area contributed by atoms with Gasteiger partial charge >= 0.3 is 0 Å². The third-order valence-electron chi connectivity index (χ3n) is 2.92. The first-order valence-corrected chi connectivity index (χ1v) is 5.78. The minimum absolute atomic E-state index is 0.173. The SMILES string of the molecule is Fc1cc(Cl)ccc1CC1CCCNC1. The maximum Gasteiger partial charge on any atom is 0.127 e. The number of nitrogens with one attached hydrogen (secondary N) is 1. The second kappa shape index (κ2) is 4.95. The fourth-order valence-corrected chi connectivity index (χ4v) is 2.26. The van der Waals surface area contributed by atoms with E-state index >= 15 is 0 Å². The zero-order chi connectivity index (χ0) is 10.7. The molecule has 1 saturated heterocycles. The van der Waals surface area contributed by atoms with E-state index in [-0.39, 0.29) is 5.82 Å². The van der Waals surface area contributed by atoms with E-state index in [0.717, 1.165) is 25.1 Å². The number of hydrogen-bond donors (Lipinski definition) is 1. The molecule has 0 amide bonds. The van der Waals surface area contributed by atoms with Crippen LogP contribution in [0.3, 0.4) is 0 Å². The maximum atomic E-state index is 13.5. The lowest BCUT2D eigenvalue weighted by atomic mass is 9.92. The number of benzene rings is 1. The van der Waals surface area contributed by atoms with Crippen molar-refractivity contribution in [3.05, 3.63) is 34.6 Å². The van der Waals surface area contributed by atoms with Crippen LogP contribution in [0.5, 0.6) is 0 Å². The Hall–Kier alpha value is -0.600. The third-order valence-corrected chi connectivity index (χ3v) is 3.16. The molecule has 3 heteroatoms. The summed E-state index contributed by atoms with van der Waals surface area (Å²) in [7, 11) is 0. The summed E-state index contributed by atoms with van der Waals surface area (Å²) in [5.74, 6) is 0.391. The Balaban J connectivity index is 2.03. The predicted molar refractivity (Wildman–Crippen MR) is 60.7 cm³/mol. The van der Waals surface area contributed by atoms with E-state index in [1.165, 1.54) is 18.9 Å². The zero-order valence-electron chi connectivity index (χ0n) is 8.60. The van der Waals surface area contributed by atoms with E-state index < -0.39 is 0 Å². The van der Waals surface area contributed by atoms with Crippen LogP contribution in [-0.2, 0) is 6.42 Å². The van der Waals surface area contributed by atoms with Crippen molar-refractivity contribution >= 4 is 11.6 Å². The van der Waals surface area contributed by atoms with Crippen molar-refractivity contribution in [2.75, 3.05) is 13.1 Å². The Labute approximate surface area is 94.6 Å². The average molecular weight is 228 g/mol. The molecule has 0 aromatic heterocycles. The molecule has 0 aliphatic carbocycles. The molecule has 1 aliphatic heterocycles. The topological polar surface area (TPSA) is 12.0 Å². The van der Waals surface area contributed by atoms with Gasteiger partial charge in [0, 0.05) is 5.02 Å². The summed E-state index contributed by atoms with van der Waals surface area (Å²) in [6.45, 7) is 2.10. The molecule has 15 heavy (non-hydrogen) atoms. The largest absolute Gasteiger partial charge is 0.316 e. The van der Waals surface area contributed by atoms with E-state index in [2.05, 4.69) is 5.32 Å². The monoisotopic (exact) mass is 227 g/mol. The van der Waals surface area contributed by atoms with Crippen molar-refractivity contribution in [1.29, 1.82) is 0 Å². The summed E-state index contributed by atoms with van der Waals surface area (Å²) in [4.78, 5) is 0. The molecule has 1 atom stereocenters. The fourth-order valence-electron chi connectivity index (χ4n) is 2.10. The van der Waals surface area contributed by atoms with Gasteiger partial charge < -0.3 is 5.32 Å². The Kier molecular flexibility index (Phi) is 3.60. The molecular weight excluding hydrogens is 213 g/mol. The van der Waals surface area contributed by atoms with Crippen LogP contribution in [0.15, 0.2) is 18.2 Å². The molecule has 82 valence electrons. The van der Waals surface area contributed by atoms with Crippen LogP contribution in [0.4, 0.5) is 4.39 Å². The van der Waals surface area contributed by atoms with Gasteiger partial charge in [0.1, 0.15) is 5.82 Å². The van der Waals surface area contributed by atoms with Crippen LogP contribution in [0.25, 0.3) is 0 Å². The van der Waals surface area contributed by atoms with E-state index in [1.54, 1.807) is 12.1 Å². The number of halogens is 2. The predicted octanol–water partition coefficient (Wildman–Crippen LogP) is 3.02. The summed E-state index contributed by atoms with van der Waals surface area (Å²) < 4.78 is 13.5. The van der Waals surface area contributed by atoms with Crippen LogP contribution in [0.1, 0.15) is 18.4 Å². The molecule has 1 fully saturated rings. The Bertz CT molecular complexity index is 334. The summed E-state index contributed by atoms with van der Waals surface area (Å²) in [5.41, 5.74) is 0.785. The van der Waals surface area contributed by atoms with Gasteiger partial charge in [0.25, 0.3) is 0 Å². The molecule has 0 spiro atoms. The van der Waals surface area contributed by atoms with E-state index in [0.29, 0.717) is 10.9 Å². The van der Waals surface area contributed by atoms with Crippen molar-refractivity contribution in [2.24, 2.45) is 5.92 Å². The molecule has 1 aromatic carbocycles. The van der Waals surface area contributed by atoms with Gasteiger partial charge in [-0.1, -0.05) is 17.7 Å². The first-order valence-electron chi connectivity index (χ1n) is 5.40. The first kappa shape index (κ1) is 10.9. The molecule has 1 N–H and O–H groups in total. The second-order valence-electron chi connectivity index (χ2n) is 4.15. The van der Waals surface area contributed by atoms with Crippen LogP contribution in [0.2, 0.25) is 5.02 Å². The molecule has 0 bridgehead atoms. The second-order valence-corrected chi connectivity index (χ2v) is 4.59. The van der Waals surface area contributed by atoms with Gasteiger partial charge in [0.2, 0.25) is 0 Å². The summed E-state index contributed by atoms with van der Waals surface area (Å²) in [6.07, 6.45) is 3.20. The lowest BCUT2D eigenvalue weighted by Gasteiger charge is -2.22. The normalized spacial score (nSPS) is 21.6. The van der Waals surface area contributed by atoms with Crippen molar-refractivity contribution in [3.63, 3.8) is 0 Å². The van der Waals surface area contributed by atoms with Gasteiger partial charge in [0.05, 0.1) is 0 Å². The third kappa shape index (κ3) is 2.93. The number of rotatable bonds is 2. The number of hydrogen-bond acceptors (Lipinski definition) is 1. The van der Waals surface area contributed by atoms with Gasteiger partial charge in [-0.25, -0.2) is 4.39 Å². The minimum atomic E-state index is -0.173. The highest BCUT2D eigenvalue weighted by Gasteiger charge is 2.15. The molecule has 1 unspecified atom stereocenters. The highest BCUT2D eigenvalue weighted by Crippen LogP contribution is 2.20. The van der Waals surface area contributed by atoms with Gasteiger partial charge in [0.15, 0.2) is 0 Å². The van der Waals surface area contributed by atoms with Gasteiger partial charge in [-0.2, -0.15) is 0 Å². The Morgan fingerprint density at radius 3 is 3.00 bits per heavy atom. The van der Waals surface area contributed by atoms with Crippen LogP contribution in [-0.4, -0.2) is 13.1 Å². The van der Waals surface area contributed by atoms with Crippen molar-refractivity contribution in [1.82, 2.24) is 5.32 Å². The molecule has 1 heterocycles. The van der Waals surface area contributed by atoms with Crippen molar-refractivity contribution in [3.8, 4) is 0 Å². The highest BCUT2D eigenvalue weighted by molar-refractivity contribution is 6.30. The fraction of sp³-hybridized carbons (Fsp3) is 0.500. The van der Waals surface area contributed by atoms with E-state index in [4.69, 9.17) is 11.6 Å². The van der Waals surface area contributed by atoms with Gasteiger partial charge in [-0.3, -0.25) is 0 Å². The summed E-state index contributed by atoms with van der Waals surface area (Å²) >= 11 is 5.71. The standard InChI is InChI=1S/C12H15ClFN/c13-11-4-3-10(12(14)7-11)6-9-2-1-5-15-8-9/h3-4,7,9,15H,1-2,5-6,8H2. The number of piperidine rings is 1. The lowest BCUT2D eigenvalue weighted by Crippen LogP contribution is -2.31. The quantitative estimate of drug-likeness (QED) is 0.819. The first-order chi connectivity index (χ1) is 7.25. The molecule has 1 aromatic rings. The molecule has 2 rings (SSSR count). The van der Waals surface area contributed by atoms with Crippen LogP contribution < -0.4 is 5.32 Å². The molecule has 1 aliphatic rings. The van der Waals surface area contributed by atoms with Crippen molar-refractivity contribution in [2.45, 2.75) is 19.3 Å². The van der Waals surface area contributed by atoms with Crippen molar-refractivity contribution < 1.29 is 4.39 Å². The average Bonchev–Trinajstić information content (AvgIpc) is 2.24. The minimum Gasteiger partial charge on any atom is -0.316 e. The molecule has 0 saturated carbocycles. The van der Waals surface area contributed by atoms with E-state index in [1.807, 2.05) is 0 Å². The Morgan fingerprint density at radius 2 is 2.33 bits per heavy atom. The van der Waals surface area contributed by atoms with Crippen LogP contribution in [0, 0.1) is 11.7 Å². The summed E-state index contributed by atoms with van der Waals surface area (Å²) in [5, 5.41) is 3.81. The maximum absolute atomic E-state index is 13.5. The molecular formula is C12H15ClFN. The van der Waals surface area contributed by atoms with Crippen LogP contribution >= 0.6 is 11.6 Å². The van der Waals surface area contributed by atoms with Gasteiger partial charge in [-0.05, 0) is 56.0 Å². The van der Waals surface area contributed by atoms with E-state index in [9.17, 15) is 4.39 Å². The molecule has 1 nitrogen and oxygen atoms in total. The summed E-state index contributed by atoms with van der Waals surface area (Å²) in [6, 6.07) is 4.95. The van der Waals surface area contributed by atoms with Gasteiger partial charge in [-0.15, -0.1) is 0 Å². The Morgan fingerprint density at radius 1 is 1.47 bits per heavy atom. The molecule has 0 radical (unpaired) electrons. The lowest BCUT2D eigenvalue weighted by molar-refractivity contribution is 0.372. The smallest absolute Gasteiger partial charge is 0.127 e.